The number of hydrogen-bond donors (Lipinski definition) is 0. The molecule has 2 rings (SSSR count). The van der Waals surface area contributed by atoms with Crippen LogP contribution in [0.2, 0.25) is 0 Å². The van der Waals surface area contributed by atoms with Gasteiger partial charge in [0.25, 0.3) is 0 Å². The van der Waals surface area contributed by atoms with Gasteiger partial charge < -0.3 is 14.2 Å². The Morgan fingerprint density at radius 3 is 2.57 bits per heavy atom. The van der Waals surface area contributed by atoms with E-state index in [4.69, 9.17) is 14.2 Å². The Morgan fingerprint density at radius 2 is 1.93 bits per heavy atom. The van der Waals surface area contributed by atoms with Crippen molar-refractivity contribution in [1.29, 1.82) is 0 Å². The fourth-order valence-corrected chi connectivity index (χ4v) is 2.12. The van der Waals surface area contributed by atoms with Gasteiger partial charge in [0.1, 0.15) is 24.9 Å². The van der Waals surface area contributed by atoms with Gasteiger partial charge in [-0.2, -0.15) is 4.91 Å². The summed E-state index contributed by atoms with van der Waals surface area (Å²) in [5.41, 5.74) is 0. The zero-order valence-electron chi connectivity index (χ0n) is 8.60. The number of nitroso groups, excluding NO2 is 1. The lowest BCUT2D eigenvalue weighted by molar-refractivity contribution is -0.183. The third-order valence-corrected chi connectivity index (χ3v) is 2.64. The van der Waals surface area contributed by atoms with E-state index in [1.54, 1.807) is 0 Å². The second kappa shape index (κ2) is 3.25. The van der Waals surface area contributed by atoms with E-state index in [9.17, 15) is 4.91 Å². The lowest BCUT2D eigenvalue weighted by Gasteiger charge is -2.21. The molecule has 0 saturated carbocycles. The second-order valence-electron chi connectivity index (χ2n) is 4.26. The van der Waals surface area contributed by atoms with Crippen LogP contribution in [0.4, 0.5) is 0 Å². The van der Waals surface area contributed by atoms with Gasteiger partial charge >= 0.3 is 0 Å². The number of fused-ring (bicyclic) bond motifs is 1. The predicted molar refractivity (Wildman–Crippen MR) is 48.8 cm³/mol. The van der Waals surface area contributed by atoms with Gasteiger partial charge in [-0.25, -0.2) is 0 Å². The monoisotopic (exact) mass is 201 g/mol. The van der Waals surface area contributed by atoms with E-state index >= 15 is 0 Å². The van der Waals surface area contributed by atoms with Gasteiger partial charge in [-0.3, -0.25) is 0 Å². The third-order valence-electron chi connectivity index (χ3n) is 2.64. The van der Waals surface area contributed by atoms with E-state index < -0.39 is 5.79 Å². The Morgan fingerprint density at radius 1 is 1.29 bits per heavy atom. The van der Waals surface area contributed by atoms with Crippen molar-refractivity contribution in [2.75, 3.05) is 6.54 Å². The highest BCUT2D eigenvalue weighted by molar-refractivity contribution is 4.97. The molecule has 0 radical (unpaired) electrons. The first-order valence-electron chi connectivity index (χ1n) is 4.84. The summed E-state index contributed by atoms with van der Waals surface area (Å²) in [6.45, 7) is 5.78. The summed E-state index contributed by atoms with van der Waals surface area (Å²) in [5.74, 6) is -0.575. The summed E-state index contributed by atoms with van der Waals surface area (Å²) >= 11 is 0. The van der Waals surface area contributed by atoms with Crippen molar-refractivity contribution in [3.8, 4) is 0 Å². The van der Waals surface area contributed by atoms with E-state index in [1.165, 1.54) is 0 Å². The smallest absolute Gasteiger partial charge is 0.164 e. The fraction of sp³-hybridized carbons (Fsp3) is 1.00. The molecule has 0 N–H and O–H groups in total. The van der Waals surface area contributed by atoms with Crippen molar-refractivity contribution in [3.63, 3.8) is 0 Å². The molecular formula is C9H15NO4. The Bertz CT molecular complexity index is 243. The van der Waals surface area contributed by atoms with Crippen molar-refractivity contribution in [3.05, 3.63) is 4.91 Å². The summed E-state index contributed by atoms with van der Waals surface area (Å²) in [6.07, 6.45) is -0.516. The van der Waals surface area contributed by atoms with Crippen LogP contribution in [0.1, 0.15) is 20.8 Å². The molecule has 2 saturated heterocycles. The minimum absolute atomic E-state index is 0.0338. The number of hydrogen-bond acceptors (Lipinski definition) is 5. The average Bonchev–Trinajstić information content (AvgIpc) is 2.51. The maximum absolute atomic E-state index is 10.2. The van der Waals surface area contributed by atoms with E-state index in [1.807, 2.05) is 20.8 Å². The standard InChI is InChI=1S/C9H15NO4/c1-5-7-8(6(12-5)4-10-11)14-9(2,3)13-7/h5-8H,4H2,1-3H3/t5?,6?,7-,8+/m0/s1. The number of nitrogens with zero attached hydrogens (tertiary/aromatic N) is 1. The minimum Gasteiger partial charge on any atom is -0.368 e. The number of rotatable bonds is 2. The summed E-state index contributed by atoms with van der Waals surface area (Å²) < 4.78 is 16.9. The maximum Gasteiger partial charge on any atom is 0.164 e. The van der Waals surface area contributed by atoms with Crippen LogP contribution in [0, 0.1) is 4.91 Å². The van der Waals surface area contributed by atoms with Crippen LogP contribution in [0.15, 0.2) is 5.18 Å². The molecule has 0 aromatic rings. The zero-order valence-corrected chi connectivity index (χ0v) is 8.60. The predicted octanol–water partition coefficient (Wildman–Crippen LogP) is 1.06. The molecule has 2 aliphatic heterocycles. The van der Waals surface area contributed by atoms with Crippen molar-refractivity contribution in [2.45, 2.75) is 51.0 Å². The zero-order chi connectivity index (χ0) is 10.3. The van der Waals surface area contributed by atoms with Gasteiger partial charge in [-0.1, -0.05) is 5.18 Å². The summed E-state index contributed by atoms with van der Waals surface area (Å²) in [5, 5.41) is 2.85. The van der Waals surface area contributed by atoms with Crippen molar-refractivity contribution in [1.82, 2.24) is 0 Å². The molecule has 5 heteroatoms. The van der Waals surface area contributed by atoms with Crippen LogP contribution in [-0.4, -0.2) is 36.7 Å². The normalized spacial score (nSPS) is 45.1. The first-order valence-corrected chi connectivity index (χ1v) is 4.84. The molecule has 5 nitrogen and oxygen atoms in total. The molecule has 14 heavy (non-hydrogen) atoms. The molecule has 80 valence electrons. The summed E-state index contributed by atoms with van der Waals surface area (Å²) in [4.78, 5) is 10.2. The van der Waals surface area contributed by atoms with Crippen LogP contribution >= 0.6 is 0 Å². The molecule has 0 aromatic carbocycles. The number of ether oxygens (including phenoxy) is 3. The molecule has 2 aliphatic rings. The molecule has 0 aliphatic carbocycles. The first kappa shape index (κ1) is 10.0. The molecule has 2 heterocycles. The molecule has 0 aromatic heterocycles. The Kier molecular flexibility index (Phi) is 2.33. The summed E-state index contributed by atoms with van der Waals surface area (Å²) in [6, 6.07) is 0. The second-order valence-corrected chi connectivity index (χ2v) is 4.26. The van der Waals surface area contributed by atoms with Crippen molar-refractivity contribution < 1.29 is 14.2 Å². The van der Waals surface area contributed by atoms with Crippen LogP contribution in [0.5, 0.6) is 0 Å². The molecular weight excluding hydrogens is 186 g/mol. The van der Waals surface area contributed by atoms with Crippen LogP contribution in [0.25, 0.3) is 0 Å². The lowest BCUT2D eigenvalue weighted by Crippen LogP contribution is -2.31. The van der Waals surface area contributed by atoms with Crippen LogP contribution in [0.3, 0.4) is 0 Å². The highest BCUT2D eigenvalue weighted by Crippen LogP contribution is 2.38. The topological polar surface area (TPSA) is 57.1 Å². The van der Waals surface area contributed by atoms with Crippen molar-refractivity contribution >= 4 is 0 Å². The van der Waals surface area contributed by atoms with E-state index in [0.29, 0.717) is 0 Å². The van der Waals surface area contributed by atoms with Gasteiger partial charge in [0.15, 0.2) is 5.79 Å². The largest absolute Gasteiger partial charge is 0.368 e. The van der Waals surface area contributed by atoms with Gasteiger partial charge in [0, 0.05) is 0 Å². The van der Waals surface area contributed by atoms with Gasteiger partial charge in [0.05, 0.1) is 6.10 Å². The molecule has 0 amide bonds. The quantitative estimate of drug-likeness (QED) is 0.627. The highest BCUT2D eigenvalue weighted by Gasteiger charge is 2.53. The average molecular weight is 201 g/mol. The third kappa shape index (κ3) is 1.55. The molecule has 2 fully saturated rings. The summed E-state index contributed by atoms with van der Waals surface area (Å²) in [7, 11) is 0. The maximum atomic E-state index is 10.2. The molecule has 0 bridgehead atoms. The lowest BCUT2D eigenvalue weighted by atomic mass is 10.1. The van der Waals surface area contributed by atoms with Gasteiger partial charge in [0.2, 0.25) is 0 Å². The first-order chi connectivity index (χ1) is 6.53. The Balaban J connectivity index is 2.10. The molecule has 4 atom stereocenters. The Labute approximate surface area is 82.7 Å². The van der Waals surface area contributed by atoms with Crippen LogP contribution in [-0.2, 0) is 14.2 Å². The van der Waals surface area contributed by atoms with Gasteiger partial charge in [-0.05, 0) is 20.8 Å². The minimum atomic E-state index is -0.575. The molecule has 0 spiro atoms. The van der Waals surface area contributed by atoms with Crippen LogP contribution < -0.4 is 0 Å². The van der Waals surface area contributed by atoms with E-state index in [2.05, 4.69) is 5.18 Å². The van der Waals surface area contributed by atoms with Gasteiger partial charge in [-0.15, -0.1) is 0 Å². The van der Waals surface area contributed by atoms with E-state index in [0.717, 1.165) is 0 Å². The Hall–Kier alpha value is -0.520. The fourth-order valence-electron chi connectivity index (χ4n) is 2.12. The molecule has 2 unspecified atom stereocenters. The van der Waals surface area contributed by atoms with E-state index in [-0.39, 0.29) is 31.0 Å². The van der Waals surface area contributed by atoms with Crippen molar-refractivity contribution in [2.24, 2.45) is 5.18 Å². The SMILES string of the molecule is CC1OC(CN=O)[C@H]2OC(C)(C)O[C@@H]12. The highest BCUT2D eigenvalue weighted by atomic mass is 16.8.